The molecule has 9 heteroatoms. The van der Waals surface area contributed by atoms with E-state index in [-0.39, 0.29) is 43.4 Å². The van der Waals surface area contributed by atoms with Crippen LogP contribution in [0.1, 0.15) is 23.2 Å². The van der Waals surface area contributed by atoms with Crippen molar-refractivity contribution in [3.8, 4) is 11.5 Å². The van der Waals surface area contributed by atoms with E-state index in [1.807, 2.05) is 12.1 Å². The van der Waals surface area contributed by atoms with Crippen LogP contribution in [0.2, 0.25) is 0 Å². The number of carboxylic acid groups (broad SMARTS) is 1. The zero-order valence-corrected chi connectivity index (χ0v) is 19.7. The number of hydrogen-bond donors (Lipinski definition) is 1. The van der Waals surface area contributed by atoms with Crippen LogP contribution in [-0.4, -0.2) is 68.2 Å². The van der Waals surface area contributed by atoms with Crippen molar-refractivity contribution in [3.05, 3.63) is 54.1 Å². The highest BCUT2D eigenvalue weighted by Crippen LogP contribution is 2.22. The van der Waals surface area contributed by atoms with Gasteiger partial charge in [-0.3, -0.25) is 14.5 Å². The number of aliphatic carboxylic acids is 1. The molecule has 0 atom stereocenters. The first kappa shape index (κ1) is 27.6. The molecule has 1 aliphatic heterocycles. The number of hydrogen-bond acceptors (Lipinski definition) is 6. The second kappa shape index (κ2) is 13.8. The number of carbonyl (C=O) groups excluding carboxylic acids is 1. The smallest absolute Gasteiger partial charge is 0.303 e. The van der Waals surface area contributed by atoms with Gasteiger partial charge in [-0.05, 0) is 36.4 Å². The fourth-order valence-corrected chi connectivity index (χ4v) is 3.43. The molecule has 0 unspecified atom stereocenters. The number of carboxylic acids is 1. The van der Waals surface area contributed by atoms with Crippen molar-refractivity contribution in [3.63, 3.8) is 0 Å². The van der Waals surface area contributed by atoms with E-state index in [2.05, 4.69) is 21.9 Å². The lowest BCUT2D eigenvalue weighted by molar-refractivity contribution is -0.136. The number of halogens is 2. The molecule has 0 spiro atoms. The standard InChI is InChI=1S/C23H28N2O5.2ClH/c1-29-21-4-2-3-19(17-21)25-13-11-24(12-14-25)15-16-30-20-7-5-18(6-8-20)22(26)9-10-23(27)28;;/h2-8,17H,9-16H2,1H3,(H,27,28);2*1H. The van der Waals surface area contributed by atoms with Crippen LogP contribution in [0.5, 0.6) is 11.5 Å². The molecule has 3 rings (SSSR count). The highest BCUT2D eigenvalue weighted by molar-refractivity contribution is 5.97. The van der Waals surface area contributed by atoms with Crippen LogP contribution in [0.15, 0.2) is 48.5 Å². The first-order chi connectivity index (χ1) is 14.5. The maximum absolute atomic E-state index is 11.9. The van der Waals surface area contributed by atoms with Gasteiger partial charge in [-0.15, -0.1) is 24.8 Å². The maximum Gasteiger partial charge on any atom is 0.303 e. The number of piperazine rings is 1. The largest absolute Gasteiger partial charge is 0.497 e. The van der Waals surface area contributed by atoms with Gasteiger partial charge in [0.15, 0.2) is 5.78 Å². The fraction of sp³-hybridized carbons (Fsp3) is 0.391. The molecule has 0 radical (unpaired) electrons. The van der Waals surface area contributed by atoms with E-state index in [1.54, 1.807) is 31.4 Å². The molecule has 1 saturated heterocycles. The predicted molar refractivity (Wildman–Crippen MR) is 129 cm³/mol. The second-order valence-corrected chi connectivity index (χ2v) is 7.22. The van der Waals surface area contributed by atoms with Gasteiger partial charge in [0.25, 0.3) is 0 Å². The van der Waals surface area contributed by atoms with Gasteiger partial charge in [0, 0.05) is 56.5 Å². The summed E-state index contributed by atoms with van der Waals surface area (Å²) >= 11 is 0. The Morgan fingerprint density at radius 3 is 2.25 bits per heavy atom. The molecule has 1 heterocycles. The van der Waals surface area contributed by atoms with Crippen molar-refractivity contribution in [2.24, 2.45) is 0 Å². The number of rotatable bonds is 10. The van der Waals surface area contributed by atoms with Crippen LogP contribution in [0.25, 0.3) is 0 Å². The van der Waals surface area contributed by atoms with Crippen molar-refractivity contribution < 1.29 is 24.2 Å². The van der Waals surface area contributed by atoms with Crippen molar-refractivity contribution in [2.45, 2.75) is 12.8 Å². The summed E-state index contributed by atoms with van der Waals surface area (Å²) in [5, 5.41) is 8.67. The molecule has 1 fully saturated rings. The minimum atomic E-state index is -0.965. The Labute approximate surface area is 201 Å². The van der Waals surface area contributed by atoms with Crippen molar-refractivity contribution in [1.82, 2.24) is 4.90 Å². The highest BCUT2D eigenvalue weighted by Gasteiger charge is 2.17. The van der Waals surface area contributed by atoms with Crippen LogP contribution in [-0.2, 0) is 4.79 Å². The Balaban J connectivity index is 0.00000256. The Bertz CT molecular complexity index is 856. The monoisotopic (exact) mass is 484 g/mol. The first-order valence-corrected chi connectivity index (χ1v) is 10.1. The normalized spacial score (nSPS) is 13.5. The third kappa shape index (κ3) is 8.22. The molecule has 0 aliphatic carbocycles. The highest BCUT2D eigenvalue weighted by atomic mass is 35.5. The summed E-state index contributed by atoms with van der Waals surface area (Å²) in [5.74, 6) is 0.447. The molecule has 7 nitrogen and oxygen atoms in total. The van der Waals surface area contributed by atoms with Crippen LogP contribution < -0.4 is 14.4 Å². The summed E-state index contributed by atoms with van der Waals surface area (Å²) < 4.78 is 11.1. The number of ketones is 1. The topological polar surface area (TPSA) is 79.3 Å². The van der Waals surface area contributed by atoms with Gasteiger partial charge in [-0.25, -0.2) is 0 Å². The summed E-state index contributed by atoms with van der Waals surface area (Å²) in [5.41, 5.74) is 1.69. The number of ether oxygens (including phenoxy) is 2. The minimum absolute atomic E-state index is 0. The van der Waals surface area contributed by atoms with Gasteiger partial charge >= 0.3 is 5.97 Å². The molecule has 1 N–H and O–H groups in total. The lowest BCUT2D eigenvalue weighted by Crippen LogP contribution is -2.47. The zero-order valence-electron chi connectivity index (χ0n) is 18.1. The van der Waals surface area contributed by atoms with E-state index in [1.165, 1.54) is 5.69 Å². The summed E-state index contributed by atoms with van der Waals surface area (Å²) in [6.45, 7) is 5.27. The number of anilines is 1. The first-order valence-electron chi connectivity index (χ1n) is 10.1. The molecular weight excluding hydrogens is 455 g/mol. The van der Waals surface area contributed by atoms with Gasteiger partial charge in [-0.1, -0.05) is 6.07 Å². The fourth-order valence-electron chi connectivity index (χ4n) is 3.43. The molecule has 32 heavy (non-hydrogen) atoms. The molecule has 0 saturated carbocycles. The molecule has 0 bridgehead atoms. The number of Topliss-reactive ketones (excluding diaryl/α,β-unsaturated/α-hetero) is 1. The molecule has 0 amide bonds. The van der Waals surface area contributed by atoms with E-state index < -0.39 is 5.97 Å². The van der Waals surface area contributed by atoms with E-state index in [4.69, 9.17) is 14.6 Å². The SMILES string of the molecule is COc1cccc(N2CCN(CCOc3ccc(C(=O)CCC(=O)O)cc3)CC2)c1.Cl.Cl. The minimum Gasteiger partial charge on any atom is -0.497 e. The number of nitrogens with zero attached hydrogens (tertiary/aromatic N) is 2. The van der Waals surface area contributed by atoms with Crippen molar-refractivity contribution in [1.29, 1.82) is 0 Å². The molecule has 0 aromatic heterocycles. The lowest BCUT2D eigenvalue weighted by atomic mass is 10.1. The summed E-state index contributed by atoms with van der Waals surface area (Å²) in [7, 11) is 1.68. The van der Waals surface area contributed by atoms with E-state index in [0.717, 1.165) is 38.5 Å². The molecule has 1 aliphatic rings. The Kier molecular flexibility index (Phi) is 11.9. The molecule has 2 aromatic carbocycles. The number of benzene rings is 2. The summed E-state index contributed by atoms with van der Waals surface area (Å²) in [6.07, 6.45) is -0.139. The quantitative estimate of drug-likeness (QED) is 0.513. The maximum atomic E-state index is 11.9. The van der Waals surface area contributed by atoms with E-state index in [0.29, 0.717) is 17.9 Å². The van der Waals surface area contributed by atoms with Crippen LogP contribution >= 0.6 is 24.8 Å². The Morgan fingerprint density at radius 1 is 0.938 bits per heavy atom. The second-order valence-electron chi connectivity index (χ2n) is 7.22. The average molecular weight is 485 g/mol. The van der Waals surface area contributed by atoms with Gasteiger partial charge in [0.05, 0.1) is 13.5 Å². The summed E-state index contributed by atoms with van der Waals surface area (Å²) in [4.78, 5) is 27.2. The number of carbonyl (C=O) groups is 2. The van der Waals surface area contributed by atoms with Gasteiger partial charge < -0.3 is 19.5 Å². The average Bonchev–Trinajstić information content (AvgIpc) is 2.78. The van der Waals surface area contributed by atoms with Crippen molar-refractivity contribution >= 4 is 42.3 Å². The van der Waals surface area contributed by atoms with E-state index >= 15 is 0 Å². The van der Waals surface area contributed by atoms with E-state index in [9.17, 15) is 9.59 Å². The van der Waals surface area contributed by atoms with Crippen LogP contribution in [0.4, 0.5) is 5.69 Å². The third-order valence-corrected chi connectivity index (χ3v) is 5.21. The molecule has 2 aromatic rings. The Hall–Kier alpha value is -2.48. The molecule has 176 valence electrons. The predicted octanol–water partition coefficient (Wildman–Crippen LogP) is 3.79. The number of methoxy groups -OCH3 is 1. The lowest BCUT2D eigenvalue weighted by Gasteiger charge is -2.36. The van der Waals surface area contributed by atoms with Gasteiger partial charge in [0.2, 0.25) is 0 Å². The van der Waals surface area contributed by atoms with Crippen molar-refractivity contribution in [2.75, 3.05) is 51.3 Å². The summed E-state index contributed by atoms with van der Waals surface area (Å²) in [6, 6.07) is 15.0. The Morgan fingerprint density at radius 2 is 1.62 bits per heavy atom. The van der Waals surface area contributed by atoms with Gasteiger partial charge in [0.1, 0.15) is 18.1 Å². The van der Waals surface area contributed by atoms with Crippen LogP contribution in [0, 0.1) is 0 Å². The third-order valence-electron chi connectivity index (χ3n) is 5.21. The van der Waals surface area contributed by atoms with Crippen LogP contribution in [0.3, 0.4) is 0 Å². The molecular formula is C23H30Cl2N2O5. The van der Waals surface area contributed by atoms with Gasteiger partial charge in [-0.2, -0.15) is 0 Å². The zero-order chi connectivity index (χ0) is 21.3.